The van der Waals surface area contributed by atoms with Gasteiger partial charge in [0.25, 0.3) is 0 Å². The van der Waals surface area contributed by atoms with Gasteiger partial charge in [-0.1, -0.05) is 0 Å². The molecule has 16 heavy (non-hydrogen) atoms. The minimum Gasteiger partial charge on any atom is -0.372 e. The summed E-state index contributed by atoms with van der Waals surface area (Å²) in [7, 11) is 0. The number of anilines is 1. The van der Waals surface area contributed by atoms with E-state index in [4.69, 9.17) is 9.72 Å². The Hall–Kier alpha value is -1.09. The first-order valence-electron chi connectivity index (χ1n) is 6.09. The standard InChI is InChI=1S/C13H18N2O/c1-9-11-7-16-8-12(11)10(2)14-13(9)15-5-3-4-6-15/h3-8H2,1-2H3. The Kier molecular flexibility index (Phi) is 2.36. The summed E-state index contributed by atoms with van der Waals surface area (Å²) < 4.78 is 5.54. The third-order valence-electron chi connectivity index (χ3n) is 3.76. The molecule has 3 heteroatoms. The maximum atomic E-state index is 5.54. The van der Waals surface area contributed by atoms with Crippen LogP contribution in [0.1, 0.15) is 35.2 Å². The maximum Gasteiger partial charge on any atom is 0.132 e. The summed E-state index contributed by atoms with van der Waals surface area (Å²) in [5.74, 6) is 1.19. The molecule has 2 aliphatic heterocycles. The Morgan fingerprint density at radius 3 is 2.50 bits per heavy atom. The van der Waals surface area contributed by atoms with Crippen LogP contribution in [0.5, 0.6) is 0 Å². The van der Waals surface area contributed by atoms with Crippen molar-refractivity contribution in [1.29, 1.82) is 0 Å². The molecule has 3 rings (SSSR count). The third-order valence-corrected chi connectivity index (χ3v) is 3.76. The molecule has 2 aliphatic rings. The van der Waals surface area contributed by atoms with Crippen LogP contribution in [-0.2, 0) is 18.0 Å². The molecular formula is C13H18N2O. The van der Waals surface area contributed by atoms with Crippen LogP contribution in [0.2, 0.25) is 0 Å². The average Bonchev–Trinajstić information content (AvgIpc) is 2.92. The van der Waals surface area contributed by atoms with Gasteiger partial charge in [0.1, 0.15) is 5.82 Å². The minimum absolute atomic E-state index is 0.745. The molecule has 0 saturated carbocycles. The summed E-state index contributed by atoms with van der Waals surface area (Å²) in [6, 6.07) is 0. The topological polar surface area (TPSA) is 25.4 Å². The predicted octanol–water partition coefficient (Wildman–Crippen LogP) is 2.33. The van der Waals surface area contributed by atoms with Gasteiger partial charge in [0.15, 0.2) is 0 Å². The molecule has 0 amide bonds. The molecule has 0 radical (unpaired) electrons. The second-order valence-corrected chi connectivity index (χ2v) is 4.79. The lowest BCUT2D eigenvalue weighted by Crippen LogP contribution is -2.21. The molecule has 86 valence electrons. The smallest absolute Gasteiger partial charge is 0.132 e. The second-order valence-electron chi connectivity index (χ2n) is 4.79. The molecule has 0 aromatic carbocycles. The first-order valence-corrected chi connectivity index (χ1v) is 6.09. The monoisotopic (exact) mass is 218 g/mol. The fourth-order valence-electron chi connectivity index (χ4n) is 2.77. The van der Waals surface area contributed by atoms with Crippen molar-refractivity contribution in [3.05, 3.63) is 22.4 Å². The van der Waals surface area contributed by atoms with E-state index in [0.717, 1.165) is 32.0 Å². The largest absolute Gasteiger partial charge is 0.372 e. The van der Waals surface area contributed by atoms with Gasteiger partial charge in [-0.3, -0.25) is 0 Å². The molecule has 0 aliphatic carbocycles. The van der Waals surface area contributed by atoms with Crippen LogP contribution in [0.15, 0.2) is 0 Å². The molecule has 1 aromatic rings. The van der Waals surface area contributed by atoms with Crippen molar-refractivity contribution in [1.82, 2.24) is 4.98 Å². The molecule has 0 unspecified atom stereocenters. The average molecular weight is 218 g/mol. The van der Waals surface area contributed by atoms with Crippen LogP contribution >= 0.6 is 0 Å². The summed E-state index contributed by atoms with van der Waals surface area (Å²) in [6.07, 6.45) is 2.60. The van der Waals surface area contributed by atoms with Crippen LogP contribution < -0.4 is 4.90 Å². The molecule has 0 bridgehead atoms. The highest BCUT2D eigenvalue weighted by Gasteiger charge is 2.23. The normalized spacial score (nSPS) is 19.2. The number of aromatic nitrogens is 1. The summed E-state index contributed by atoms with van der Waals surface area (Å²) >= 11 is 0. The number of fused-ring (bicyclic) bond motifs is 1. The Morgan fingerprint density at radius 2 is 1.75 bits per heavy atom. The zero-order chi connectivity index (χ0) is 11.1. The van der Waals surface area contributed by atoms with Crippen molar-refractivity contribution in [2.24, 2.45) is 0 Å². The summed E-state index contributed by atoms with van der Waals surface area (Å²) in [5, 5.41) is 0. The highest BCUT2D eigenvalue weighted by atomic mass is 16.5. The predicted molar refractivity (Wildman–Crippen MR) is 63.7 cm³/mol. The van der Waals surface area contributed by atoms with Gasteiger partial charge < -0.3 is 9.64 Å². The molecule has 1 aromatic heterocycles. The van der Waals surface area contributed by atoms with Gasteiger partial charge in [-0.05, 0) is 37.8 Å². The molecule has 1 saturated heterocycles. The van der Waals surface area contributed by atoms with Gasteiger partial charge in [0, 0.05) is 24.3 Å². The second kappa shape index (κ2) is 3.74. The lowest BCUT2D eigenvalue weighted by Gasteiger charge is -2.21. The van der Waals surface area contributed by atoms with Crippen molar-refractivity contribution in [2.75, 3.05) is 18.0 Å². The number of rotatable bonds is 1. The summed E-state index contributed by atoms with van der Waals surface area (Å²) in [5.41, 5.74) is 5.19. The number of ether oxygens (including phenoxy) is 1. The number of pyridine rings is 1. The Labute approximate surface area is 96.4 Å². The minimum atomic E-state index is 0.745. The van der Waals surface area contributed by atoms with Crippen molar-refractivity contribution in [3.63, 3.8) is 0 Å². The molecule has 3 heterocycles. The van der Waals surface area contributed by atoms with E-state index in [0.29, 0.717) is 0 Å². The van der Waals surface area contributed by atoms with Crippen molar-refractivity contribution < 1.29 is 4.74 Å². The lowest BCUT2D eigenvalue weighted by atomic mass is 10.0. The summed E-state index contributed by atoms with van der Waals surface area (Å²) in [4.78, 5) is 7.19. The van der Waals surface area contributed by atoms with E-state index < -0.39 is 0 Å². The number of nitrogens with zero attached hydrogens (tertiary/aromatic N) is 2. The van der Waals surface area contributed by atoms with Gasteiger partial charge in [-0.2, -0.15) is 0 Å². The van der Waals surface area contributed by atoms with Crippen LogP contribution in [-0.4, -0.2) is 18.1 Å². The van der Waals surface area contributed by atoms with Gasteiger partial charge in [0.2, 0.25) is 0 Å². The maximum absolute atomic E-state index is 5.54. The lowest BCUT2D eigenvalue weighted by molar-refractivity contribution is 0.134. The van der Waals surface area contributed by atoms with Gasteiger partial charge in [0.05, 0.1) is 13.2 Å². The van der Waals surface area contributed by atoms with Crippen LogP contribution in [0, 0.1) is 13.8 Å². The molecule has 0 atom stereocenters. The highest BCUT2D eigenvalue weighted by Crippen LogP contribution is 2.32. The Morgan fingerprint density at radius 1 is 1.06 bits per heavy atom. The van der Waals surface area contributed by atoms with E-state index in [-0.39, 0.29) is 0 Å². The third kappa shape index (κ3) is 1.42. The Bertz CT molecular complexity index is 422. The molecular weight excluding hydrogens is 200 g/mol. The number of aryl methyl sites for hydroxylation is 1. The number of hydrogen-bond acceptors (Lipinski definition) is 3. The fraction of sp³-hybridized carbons (Fsp3) is 0.615. The summed E-state index contributed by atoms with van der Waals surface area (Å²) in [6.45, 7) is 8.13. The first-order chi connectivity index (χ1) is 7.77. The Balaban J connectivity index is 2.08. The van der Waals surface area contributed by atoms with Crippen molar-refractivity contribution in [3.8, 4) is 0 Å². The van der Waals surface area contributed by atoms with Crippen LogP contribution in [0.4, 0.5) is 5.82 Å². The molecule has 0 N–H and O–H groups in total. The van der Waals surface area contributed by atoms with E-state index in [1.807, 2.05) is 0 Å². The fourth-order valence-corrected chi connectivity index (χ4v) is 2.77. The van der Waals surface area contributed by atoms with Crippen molar-refractivity contribution >= 4 is 5.82 Å². The quantitative estimate of drug-likeness (QED) is 0.723. The van der Waals surface area contributed by atoms with E-state index in [1.165, 1.54) is 35.3 Å². The van der Waals surface area contributed by atoms with Crippen LogP contribution in [0.25, 0.3) is 0 Å². The first kappa shape index (κ1) is 10.1. The van der Waals surface area contributed by atoms with Crippen LogP contribution in [0.3, 0.4) is 0 Å². The number of hydrogen-bond donors (Lipinski definition) is 0. The van der Waals surface area contributed by atoms with E-state index in [2.05, 4.69) is 18.7 Å². The molecule has 0 spiro atoms. The zero-order valence-electron chi connectivity index (χ0n) is 10.0. The molecule has 1 fully saturated rings. The molecule has 3 nitrogen and oxygen atoms in total. The van der Waals surface area contributed by atoms with Gasteiger partial charge in [-0.15, -0.1) is 0 Å². The SMILES string of the molecule is Cc1nc(N2CCCC2)c(C)c2c1COC2. The van der Waals surface area contributed by atoms with Crippen molar-refractivity contribution in [2.45, 2.75) is 39.9 Å². The van der Waals surface area contributed by atoms with E-state index >= 15 is 0 Å². The van der Waals surface area contributed by atoms with E-state index in [9.17, 15) is 0 Å². The van der Waals surface area contributed by atoms with Gasteiger partial charge >= 0.3 is 0 Å². The van der Waals surface area contributed by atoms with Gasteiger partial charge in [-0.25, -0.2) is 4.98 Å². The van der Waals surface area contributed by atoms with E-state index in [1.54, 1.807) is 0 Å². The highest BCUT2D eigenvalue weighted by molar-refractivity contribution is 5.55. The zero-order valence-corrected chi connectivity index (χ0v) is 10.0.